The summed E-state index contributed by atoms with van der Waals surface area (Å²) in [6.45, 7) is 5.77. The third-order valence-corrected chi connectivity index (χ3v) is 2.80. The summed E-state index contributed by atoms with van der Waals surface area (Å²) in [6, 6.07) is 2.23. The lowest BCUT2D eigenvalue weighted by atomic mass is 9.87. The molecule has 0 aromatic heterocycles. The van der Waals surface area contributed by atoms with Crippen molar-refractivity contribution >= 4 is 11.9 Å². The Labute approximate surface area is 122 Å². The maximum atomic E-state index is 13.1. The van der Waals surface area contributed by atoms with Crippen molar-refractivity contribution < 1.29 is 23.5 Å². The minimum atomic E-state index is -1.12. The molecule has 0 saturated carbocycles. The topological polar surface area (TPSA) is 66.4 Å². The first-order valence-corrected chi connectivity index (χ1v) is 6.56. The molecular weight excluding hydrogens is 280 g/mol. The highest BCUT2D eigenvalue weighted by atomic mass is 19.2. The minimum Gasteiger partial charge on any atom is -0.481 e. The Morgan fingerprint density at radius 3 is 2.33 bits per heavy atom. The van der Waals surface area contributed by atoms with Gasteiger partial charge in [0, 0.05) is 11.6 Å². The molecule has 0 aliphatic heterocycles. The van der Waals surface area contributed by atoms with Crippen LogP contribution in [0.3, 0.4) is 0 Å². The van der Waals surface area contributed by atoms with Crippen molar-refractivity contribution in [3.05, 3.63) is 35.4 Å². The van der Waals surface area contributed by atoms with Gasteiger partial charge in [-0.3, -0.25) is 9.59 Å². The zero-order valence-corrected chi connectivity index (χ0v) is 12.2. The van der Waals surface area contributed by atoms with Crippen LogP contribution in [-0.4, -0.2) is 23.0 Å². The van der Waals surface area contributed by atoms with E-state index in [4.69, 9.17) is 5.11 Å². The Morgan fingerprint density at radius 1 is 1.24 bits per heavy atom. The van der Waals surface area contributed by atoms with Crippen molar-refractivity contribution in [2.24, 2.45) is 5.41 Å². The van der Waals surface area contributed by atoms with E-state index in [1.54, 1.807) is 0 Å². The van der Waals surface area contributed by atoms with Gasteiger partial charge < -0.3 is 10.4 Å². The molecule has 1 amide bonds. The summed E-state index contributed by atoms with van der Waals surface area (Å²) in [5.74, 6) is -3.81. The van der Waals surface area contributed by atoms with E-state index in [1.165, 1.54) is 0 Å². The van der Waals surface area contributed by atoms with Crippen LogP contribution in [0.4, 0.5) is 8.78 Å². The number of carboxylic acid groups (broad SMARTS) is 1. The van der Waals surface area contributed by atoms with Gasteiger partial charge >= 0.3 is 5.97 Å². The van der Waals surface area contributed by atoms with Crippen LogP contribution >= 0.6 is 0 Å². The first kappa shape index (κ1) is 17.1. The quantitative estimate of drug-likeness (QED) is 0.878. The zero-order valence-electron chi connectivity index (χ0n) is 12.2. The fraction of sp³-hybridized carbons (Fsp3) is 0.467. The number of hydrogen-bond acceptors (Lipinski definition) is 2. The number of aliphatic carboxylic acids is 1. The zero-order chi connectivity index (χ0) is 16.2. The highest BCUT2D eigenvalue weighted by Crippen LogP contribution is 2.22. The summed E-state index contributed by atoms with van der Waals surface area (Å²) >= 11 is 0. The van der Waals surface area contributed by atoms with Crippen molar-refractivity contribution in [2.45, 2.75) is 39.7 Å². The Kier molecular flexibility index (Phi) is 5.41. The van der Waals surface area contributed by atoms with Gasteiger partial charge in [-0.2, -0.15) is 0 Å². The molecule has 0 radical (unpaired) electrons. The Morgan fingerprint density at radius 2 is 1.86 bits per heavy atom. The summed E-state index contributed by atoms with van der Waals surface area (Å²) in [4.78, 5) is 22.8. The molecule has 2 N–H and O–H groups in total. The number of amides is 1. The highest BCUT2D eigenvalue weighted by molar-refractivity contribution is 5.94. The molecule has 1 aromatic carbocycles. The third-order valence-electron chi connectivity index (χ3n) is 2.80. The van der Waals surface area contributed by atoms with E-state index in [-0.39, 0.29) is 17.4 Å². The fourth-order valence-corrected chi connectivity index (χ4v) is 2.03. The summed E-state index contributed by atoms with van der Waals surface area (Å²) < 4.78 is 25.9. The lowest BCUT2D eigenvalue weighted by Crippen LogP contribution is -2.39. The van der Waals surface area contributed by atoms with Crippen LogP contribution in [0, 0.1) is 17.0 Å². The van der Waals surface area contributed by atoms with Gasteiger partial charge in [0.1, 0.15) is 0 Å². The van der Waals surface area contributed by atoms with Crippen LogP contribution in [0.25, 0.3) is 0 Å². The molecular formula is C15H19F2NO3. The second-order valence-electron chi connectivity index (χ2n) is 6.16. The van der Waals surface area contributed by atoms with Gasteiger partial charge in [0.25, 0.3) is 5.91 Å². The molecule has 0 bridgehead atoms. The predicted octanol–water partition coefficient (Wildman–Crippen LogP) is 2.97. The average Bonchev–Trinajstić information content (AvgIpc) is 2.29. The van der Waals surface area contributed by atoms with Crippen molar-refractivity contribution in [3.8, 4) is 0 Å². The van der Waals surface area contributed by atoms with Crippen LogP contribution < -0.4 is 5.32 Å². The van der Waals surface area contributed by atoms with E-state index < -0.39 is 29.6 Å². The molecule has 0 spiro atoms. The number of carboxylic acids is 1. The van der Waals surface area contributed by atoms with Gasteiger partial charge in [0.05, 0.1) is 6.42 Å². The summed E-state index contributed by atoms with van der Waals surface area (Å²) in [5, 5.41) is 11.4. The molecule has 4 nitrogen and oxygen atoms in total. The number of rotatable bonds is 5. The Bertz CT molecular complexity index is 538. The van der Waals surface area contributed by atoms with Crippen LogP contribution in [0.1, 0.15) is 44.0 Å². The molecule has 0 fully saturated rings. The second kappa shape index (κ2) is 6.65. The summed E-state index contributed by atoms with van der Waals surface area (Å²) in [5.41, 5.74) is -0.222. The lowest BCUT2D eigenvalue weighted by Gasteiger charge is -2.25. The molecule has 116 valence electrons. The van der Waals surface area contributed by atoms with Gasteiger partial charge in [0.2, 0.25) is 0 Å². The van der Waals surface area contributed by atoms with Crippen molar-refractivity contribution in [3.63, 3.8) is 0 Å². The molecule has 0 aliphatic rings. The minimum absolute atomic E-state index is 0.0433. The number of carbonyl (C=O) groups excluding carboxylic acids is 1. The number of nitrogens with one attached hydrogen (secondary N) is 1. The number of halogens is 2. The molecule has 1 atom stereocenters. The SMILES string of the molecule is CC(C)(C)CC(CC(=O)O)NC(=O)c1ccc(F)c(F)c1. The van der Waals surface area contributed by atoms with Gasteiger partial charge in [-0.25, -0.2) is 8.78 Å². The molecule has 0 saturated heterocycles. The molecule has 1 rings (SSSR count). The van der Waals surface area contributed by atoms with Crippen molar-refractivity contribution in [1.29, 1.82) is 0 Å². The Balaban J connectivity index is 2.83. The monoisotopic (exact) mass is 299 g/mol. The number of carbonyl (C=O) groups is 2. The van der Waals surface area contributed by atoms with E-state index >= 15 is 0 Å². The maximum Gasteiger partial charge on any atom is 0.305 e. The van der Waals surface area contributed by atoms with Crippen LogP contribution in [0.5, 0.6) is 0 Å². The van der Waals surface area contributed by atoms with Gasteiger partial charge in [-0.05, 0) is 30.0 Å². The van der Waals surface area contributed by atoms with Crippen LogP contribution in [0.15, 0.2) is 18.2 Å². The smallest absolute Gasteiger partial charge is 0.305 e. The molecule has 0 heterocycles. The number of benzene rings is 1. The second-order valence-corrected chi connectivity index (χ2v) is 6.16. The van der Waals surface area contributed by atoms with E-state index in [9.17, 15) is 18.4 Å². The van der Waals surface area contributed by atoms with Crippen LogP contribution in [-0.2, 0) is 4.79 Å². The van der Waals surface area contributed by atoms with Gasteiger partial charge in [0.15, 0.2) is 11.6 Å². The first-order valence-electron chi connectivity index (χ1n) is 6.56. The van der Waals surface area contributed by atoms with Gasteiger partial charge in [-0.1, -0.05) is 20.8 Å². The van der Waals surface area contributed by atoms with Crippen molar-refractivity contribution in [2.75, 3.05) is 0 Å². The first-order chi connectivity index (χ1) is 9.58. The number of hydrogen-bond donors (Lipinski definition) is 2. The third kappa shape index (κ3) is 5.89. The van der Waals surface area contributed by atoms with E-state index in [0.29, 0.717) is 6.42 Å². The standard InChI is InChI=1S/C15H19F2NO3/c1-15(2,3)8-10(7-13(19)20)18-14(21)9-4-5-11(16)12(17)6-9/h4-6,10H,7-8H2,1-3H3,(H,18,21)(H,19,20). The van der Waals surface area contributed by atoms with Crippen molar-refractivity contribution in [1.82, 2.24) is 5.32 Å². The normalized spacial score (nSPS) is 12.8. The van der Waals surface area contributed by atoms with Crippen LogP contribution in [0.2, 0.25) is 0 Å². The summed E-state index contributed by atoms with van der Waals surface area (Å²) in [6.07, 6.45) is 0.224. The Hall–Kier alpha value is -1.98. The highest BCUT2D eigenvalue weighted by Gasteiger charge is 2.23. The summed E-state index contributed by atoms with van der Waals surface area (Å²) in [7, 11) is 0. The molecule has 6 heteroatoms. The molecule has 0 aliphatic carbocycles. The largest absolute Gasteiger partial charge is 0.481 e. The lowest BCUT2D eigenvalue weighted by molar-refractivity contribution is -0.137. The van der Waals surface area contributed by atoms with Gasteiger partial charge in [-0.15, -0.1) is 0 Å². The fourth-order valence-electron chi connectivity index (χ4n) is 2.03. The average molecular weight is 299 g/mol. The van der Waals surface area contributed by atoms with E-state index in [0.717, 1.165) is 18.2 Å². The van der Waals surface area contributed by atoms with E-state index in [1.807, 2.05) is 20.8 Å². The van der Waals surface area contributed by atoms with E-state index in [2.05, 4.69) is 5.32 Å². The molecule has 1 unspecified atom stereocenters. The predicted molar refractivity (Wildman–Crippen MR) is 73.9 cm³/mol. The molecule has 21 heavy (non-hydrogen) atoms. The molecule has 1 aromatic rings. The maximum absolute atomic E-state index is 13.1.